The van der Waals surface area contributed by atoms with Crippen LogP contribution in [0.2, 0.25) is 0 Å². The summed E-state index contributed by atoms with van der Waals surface area (Å²) < 4.78 is 10.4. The Kier molecular flexibility index (Phi) is 5.72. The van der Waals surface area contributed by atoms with E-state index in [4.69, 9.17) is 9.47 Å². The molecule has 0 saturated carbocycles. The first-order valence-electron chi connectivity index (χ1n) is 7.59. The van der Waals surface area contributed by atoms with E-state index in [9.17, 15) is 19.7 Å². The van der Waals surface area contributed by atoms with Gasteiger partial charge >= 0.3 is 17.9 Å². The highest BCUT2D eigenvalue weighted by Gasteiger charge is 2.38. The summed E-state index contributed by atoms with van der Waals surface area (Å²) >= 11 is 0. The SMILES string of the molecule is Cc1ccnc(N(C(=O)OC(C)(C)C)C(=O)OC(C)(C)C)c1[N+](=O)[O-]. The van der Waals surface area contributed by atoms with Gasteiger partial charge in [0, 0.05) is 11.8 Å². The summed E-state index contributed by atoms with van der Waals surface area (Å²) in [4.78, 5) is 40.0. The van der Waals surface area contributed by atoms with Crippen molar-refractivity contribution in [3.8, 4) is 0 Å². The first kappa shape index (κ1) is 20.3. The molecule has 0 spiro atoms. The Bertz CT molecular complexity index is 660. The number of amides is 2. The van der Waals surface area contributed by atoms with Crippen molar-refractivity contribution in [2.75, 3.05) is 4.90 Å². The van der Waals surface area contributed by atoms with Gasteiger partial charge in [-0.15, -0.1) is 0 Å². The minimum atomic E-state index is -1.11. The van der Waals surface area contributed by atoms with Crippen molar-refractivity contribution >= 4 is 23.7 Å². The van der Waals surface area contributed by atoms with Crippen LogP contribution in [0.3, 0.4) is 0 Å². The van der Waals surface area contributed by atoms with Crippen LogP contribution in [0.15, 0.2) is 12.3 Å². The third kappa shape index (κ3) is 5.70. The molecule has 1 aromatic heterocycles. The maximum atomic E-state index is 12.5. The van der Waals surface area contributed by atoms with Crippen LogP contribution in [0.1, 0.15) is 47.1 Å². The predicted octanol–water partition coefficient (Wildman–Crippen LogP) is 3.97. The number of nitro groups is 1. The van der Waals surface area contributed by atoms with E-state index in [-0.39, 0.29) is 5.56 Å². The number of carbonyl (C=O) groups is 2. The molecule has 1 heterocycles. The van der Waals surface area contributed by atoms with Crippen LogP contribution in [-0.2, 0) is 9.47 Å². The summed E-state index contributed by atoms with van der Waals surface area (Å²) in [6, 6.07) is 1.41. The molecule has 0 aromatic carbocycles. The van der Waals surface area contributed by atoms with Crippen LogP contribution in [-0.4, -0.2) is 33.3 Å². The van der Waals surface area contributed by atoms with Gasteiger partial charge in [0.1, 0.15) is 11.2 Å². The first-order chi connectivity index (χ1) is 11.2. The lowest BCUT2D eigenvalue weighted by Gasteiger charge is -2.27. The Morgan fingerprint density at radius 2 is 1.52 bits per heavy atom. The number of hydrogen-bond donors (Lipinski definition) is 0. The molecule has 0 aliphatic rings. The highest BCUT2D eigenvalue weighted by Crippen LogP contribution is 2.31. The van der Waals surface area contributed by atoms with Crippen molar-refractivity contribution in [2.24, 2.45) is 0 Å². The number of anilines is 1. The third-order valence-electron chi connectivity index (χ3n) is 2.65. The fourth-order valence-electron chi connectivity index (χ4n) is 1.79. The maximum absolute atomic E-state index is 12.5. The average molecular weight is 353 g/mol. The molecule has 0 N–H and O–H groups in total. The van der Waals surface area contributed by atoms with Crippen molar-refractivity contribution in [3.63, 3.8) is 0 Å². The lowest BCUT2D eigenvalue weighted by molar-refractivity contribution is -0.384. The molecule has 138 valence electrons. The predicted molar refractivity (Wildman–Crippen MR) is 90.6 cm³/mol. The first-order valence-corrected chi connectivity index (χ1v) is 7.59. The quantitative estimate of drug-likeness (QED) is 0.584. The molecule has 9 nitrogen and oxygen atoms in total. The molecule has 0 unspecified atom stereocenters. The third-order valence-corrected chi connectivity index (χ3v) is 2.65. The largest absolute Gasteiger partial charge is 0.443 e. The normalized spacial score (nSPS) is 11.6. The van der Waals surface area contributed by atoms with Crippen molar-refractivity contribution in [1.29, 1.82) is 0 Å². The van der Waals surface area contributed by atoms with Crippen molar-refractivity contribution < 1.29 is 24.0 Å². The molecule has 1 rings (SSSR count). The van der Waals surface area contributed by atoms with Crippen molar-refractivity contribution in [1.82, 2.24) is 4.98 Å². The fraction of sp³-hybridized carbons (Fsp3) is 0.562. The van der Waals surface area contributed by atoms with Gasteiger partial charge in [-0.3, -0.25) is 10.1 Å². The van der Waals surface area contributed by atoms with E-state index in [1.807, 2.05) is 0 Å². The number of ether oxygens (including phenoxy) is 2. The van der Waals surface area contributed by atoms with E-state index in [2.05, 4.69) is 4.98 Å². The number of rotatable bonds is 2. The van der Waals surface area contributed by atoms with Crippen LogP contribution < -0.4 is 4.90 Å². The summed E-state index contributed by atoms with van der Waals surface area (Å²) in [5, 5.41) is 11.4. The zero-order valence-electron chi connectivity index (χ0n) is 15.4. The lowest BCUT2D eigenvalue weighted by atomic mass is 10.2. The number of hydrogen-bond acceptors (Lipinski definition) is 7. The molecule has 0 saturated heterocycles. The summed E-state index contributed by atoms with van der Waals surface area (Å²) in [7, 11) is 0. The second kappa shape index (κ2) is 7.04. The van der Waals surface area contributed by atoms with Gasteiger partial charge < -0.3 is 9.47 Å². The van der Waals surface area contributed by atoms with Crippen LogP contribution in [0.5, 0.6) is 0 Å². The summed E-state index contributed by atoms with van der Waals surface area (Å²) in [6.07, 6.45) is -0.953. The second-order valence-electron chi connectivity index (χ2n) is 7.35. The van der Waals surface area contributed by atoms with Gasteiger partial charge in [0.2, 0.25) is 5.82 Å². The summed E-state index contributed by atoms with van der Waals surface area (Å²) in [6.45, 7) is 11.1. The fourth-order valence-corrected chi connectivity index (χ4v) is 1.79. The van der Waals surface area contributed by atoms with Gasteiger partial charge in [0.05, 0.1) is 4.92 Å². The number of imide groups is 1. The molecule has 25 heavy (non-hydrogen) atoms. The Morgan fingerprint density at radius 1 is 1.08 bits per heavy atom. The van der Waals surface area contributed by atoms with Crippen LogP contribution in [0.25, 0.3) is 0 Å². The standard InChI is InChI=1S/C16H23N3O6/c1-10-8-9-17-12(11(10)19(22)23)18(13(20)24-15(2,3)4)14(21)25-16(5,6)7/h8-9H,1-7H3. The molecular weight excluding hydrogens is 330 g/mol. The Labute approximate surface area is 146 Å². The molecule has 0 aliphatic carbocycles. The molecule has 1 aromatic rings. The minimum Gasteiger partial charge on any atom is -0.443 e. The van der Waals surface area contributed by atoms with Crippen molar-refractivity contribution in [2.45, 2.75) is 59.7 Å². The highest BCUT2D eigenvalue weighted by atomic mass is 16.6. The van der Waals surface area contributed by atoms with Gasteiger partial charge in [-0.25, -0.2) is 14.6 Å². The summed E-state index contributed by atoms with van der Waals surface area (Å²) in [5.74, 6) is -0.450. The van der Waals surface area contributed by atoms with E-state index < -0.39 is 39.8 Å². The molecular formula is C16H23N3O6. The van der Waals surface area contributed by atoms with E-state index in [1.54, 1.807) is 41.5 Å². The number of aryl methyl sites for hydroxylation is 1. The molecule has 2 amide bonds. The van der Waals surface area contributed by atoms with Gasteiger partial charge in [-0.1, -0.05) is 0 Å². The highest BCUT2D eigenvalue weighted by molar-refractivity contribution is 6.10. The average Bonchev–Trinajstić information content (AvgIpc) is 2.33. The molecule has 0 atom stereocenters. The number of aromatic nitrogens is 1. The number of carbonyl (C=O) groups excluding carboxylic acids is 2. The zero-order chi connectivity index (χ0) is 19.6. The molecule has 0 radical (unpaired) electrons. The topological polar surface area (TPSA) is 112 Å². The maximum Gasteiger partial charge on any atom is 0.426 e. The van der Waals surface area contributed by atoms with Crippen LogP contribution >= 0.6 is 0 Å². The Morgan fingerprint density at radius 3 is 1.88 bits per heavy atom. The Hall–Kier alpha value is -2.71. The van der Waals surface area contributed by atoms with E-state index in [1.165, 1.54) is 19.2 Å². The number of pyridine rings is 1. The molecule has 0 fully saturated rings. The van der Waals surface area contributed by atoms with Crippen LogP contribution in [0, 0.1) is 17.0 Å². The summed E-state index contributed by atoms with van der Waals surface area (Å²) in [5.41, 5.74) is -2.07. The van der Waals surface area contributed by atoms with Crippen molar-refractivity contribution in [3.05, 3.63) is 27.9 Å². The smallest absolute Gasteiger partial charge is 0.426 e. The Balaban J connectivity index is 3.47. The van der Waals surface area contributed by atoms with Crippen LogP contribution in [0.4, 0.5) is 21.1 Å². The van der Waals surface area contributed by atoms with E-state index >= 15 is 0 Å². The minimum absolute atomic E-state index is 0.243. The van der Waals surface area contributed by atoms with E-state index in [0.717, 1.165) is 0 Å². The molecule has 0 aliphatic heterocycles. The van der Waals surface area contributed by atoms with Gasteiger partial charge in [0.25, 0.3) is 0 Å². The van der Waals surface area contributed by atoms with E-state index in [0.29, 0.717) is 4.90 Å². The van der Waals surface area contributed by atoms with Gasteiger partial charge in [-0.2, -0.15) is 4.90 Å². The van der Waals surface area contributed by atoms with Gasteiger partial charge in [0.15, 0.2) is 0 Å². The lowest BCUT2D eigenvalue weighted by Crippen LogP contribution is -2.44. The monoisotopic (exact) mass is 353 g/mol. The molecule has 0 bridgehead atoms. The zero-order valence-corrected chi connectivity index (χ0v) is 15.4. The number of nitrogens with zero attached hydrogens (tertiary/aromatic N) is 3. The molecule has 9 heteroatoms. The van der Waals surface area contributed by atoms with Gasteiger partial charge in [-0.05, 0) is 54.5 Å². The second-order valence-corrected chi connectivity index (χ2v) is 7.35.